The molecule has 0 radical (unpaired) electrons. The zero-order chi connectivity index (χ0) is 15.8. The minimum Gasteiger partial charge on any atom is -0.383 e. The molecule has 3 heteroatoms. The van der Waals surface area contributed by atoms with Crippen molar-refractivity contribution in [2.45, 2.75) is 52.6 Å². The Morgan fingerprint density at radius 1 is 1.19 bits per heavy atom. The Labute approximate surface area is 129 Å². The van der Waals surface area contributed by atoms with E-state index >= 15 is 0 Å². The molecule has 0 saturated heterocycles. The fourth-order valence-corrected chi connectivity index (χ4v) is 2.52. The van der Waals surface area contributed by atoms with Crippen LogP contribution >= 0.6 is 0 Å². The topological polar surface area (TPSA) is 29.5 Å². The number of methoxy groups -OCH3 is 1. The van der Waals surface area contributed by atoms with Crippen LogP contribution in [-0.2, 0) is 11.2 Å². The molecule has 0 N–H and O–H groups in total. The Balaban J connectivity index is 2.84. The van der Waals surface area contributed by atoms with Crippen LogP contribution in [0.2, 0.25) is 0 Å². The fourth-order valence-electron chi connectivity index (χ4n) is 2.52. The maximum absolute atomic E-state index is 12.7. The van der Waals surface area contributed by atoms with Gasteiger partial charge in [0.05, 0.1) is 12.6 Å². The maximum Gasteiger partial charge on any atom is 0.179 e. The molecule has 118 valence electrons. The largest absolute Gasteiger partial charge is 0.383 e. The van der Waals surface area contributed by atoms with Crippen LogP contribution in [0.25, 0.3) is 0 Å². The van der Waals surface area contributed by atoms with Gasteiger partial charge in [0, 0.05) is 25.3 Å². The van der Waals surface area contributed by atoms with Gasteiger partial charge in [0.2, 0.25) is 0 Å². The van der Waals surface area contributed by atoms with Gasteiger partial charge in [0.15, 0.2) is 5.78 Å². The van der Waals surface area contributed by atoms with Crippen LogP contribution in [0.1, 0.15) is 50.0 Å². The summed E-state index contributed by atoms with van der Waals surface area (Å²) in [6, 6.07) is 8.23. The summed E-state index contributed by atoms with van der Waals surface area (Å²) in [5, 5.41) is 0. The first-order valence-electron chi connectivity index (χ1n) is 7.92. The fraction of sp³-hybridized carbons (Fsp3) is 0.611. The second-order valence-electron chi connectivity index (χ2n) is 5.58. The summed E-state index contributed by atoms with van der Waals surface area (Å²) in [5.74, 6) is 0.189. The minimum atomic E-state index is -0.123. The molecule has 0 aliphatic rings. The monoisotopic (exact) mass is 291 g/mol. The van der Waals surface area contributed by atoms with Crippen LogP contribution in [0.15, 0.2) is 24.3 Å². The van der Waals surface area contributed by atoms with Gasteiger partial charge in [-0.25, -0.2) is 0 Å². The van der Waals surface area contributed by atoms with Gasteiger partial charge in [-0.3, -0.25) is 9.69 Å². The number of rotatable bonds is 9. The summed E-state index contributed by atoms with van der Waals surface area (Å²) in [6.07, 6.45) is 2.02. The number of carbonyl (C=O) groups is 1. The van der Waals surface area contributed by atoms with Crippen molar-refractivity contribution in [2.24, 2.45) is 0 Å². The van der Waals surface area contributed by atoms with Crippen molar-refractivity contribution in [1.29, 1.82) is 0 Å². The predicted molar refractivity (Wildman–Crippen MR) is 87.9 cm³/mol. The zero-order valence-corrected chi connectivity index (χ0v) is 14.1. The molecule has 2 unspecified atom stereocenters. The summed E-state index contributed by atoms with van der Waals surface area (Å²) in [4.78, 5) is 14.9. The number of ether oxygens (including phenoxy) is 1. The third-order valence-corrected chi connectivity index (χ3v) is 4.23. The Hall–Kier alpha value is -1.19. The van der Waals surface area contributed by atoms with E-state index in [1.165, 1.54) is 5.56 Å². The smallest absolute Gasteiger partial charge is 0.179 e. The number of benzene rings is 1. The molecular weight excluding hydrogens is 262 g/mol. The molecule has 0 fully saturated rings. The van der Waals surface area contributed by atoms with E-state index in [4.69, 9.17) is 4.74 Å². The Kier molecular flexibility index (Phi) is 7.62. The van der Waals surface area contributed by atoms with Crippen LogP contribution < -0.4 is 0 Å². The average molecular weight is 291 g/mol. The number of hydrogen-bond acceptors (Lipinski definition) is 3. The summed E-state index contributed by atoms with van der Waals surface area (Å²) < 4.78 is 5.18. The van der Waals surface area contributed by atoms with Gasteiger partial charge < -0.3 is 4.74 Å². The molecule has 1 aromatic carbocycles. The Morgan fingerprint density at radius 3 is 2.29 bits per heavy atom. The molecule has 1 aromatic rings. The molecule has 0 aromatic heterocycles. The third kappa shape index (κ3) is 4.94. The molecule has 3 nitrogen and oxygen atoms in total. The van der Waals surface area contributed by atoms with Crippen molar-refractivity contribution in [1.82, 2.24) is 4.90 Å². The number of aryl methyl sites for hydroxylation is 1. The van der Waals surface area contributed by atoms with Crippen molar-refractivity contribution in [2.75, 3.05) is 20.3 Å². The molecule has 0 bridgehead atoms. The first-order chi connectivity index (χ1) is 10.0. The molecule has 0 aliphatic heterocycles. The lowest BCUT2D eigenvalue weighted by Gasteiger charge is -2.33. The van der Waals surface area contributed by atoms with E-state index in [1.807, 2.05) is 31.2 Å². The van der Waals surface area contributed by atoms with Gasteiger partial charge in [-0.1, -0.05) is 38.1 Å². The van der Waals surface area contributed by atoms with E-state index in [2.05, 4.69) is 25.7 Å². The Morgan fingerprint density at radius 2 is 1.81 bits per heavy atom. The van der Waals surface area contributed by atoms with E-state index < -0.39 is 0 Å². The number of nitrogens with zero attached hydrogens (tertiary/aromatic N) is 1. The maximum atomic E-state index is 12.7. The van der Waals surface area contributed by atoms with Crippen molar-refractivity contribution < 1.29 is 9.53 Å². The van der Waals surface area contributed by atoms with Gasteiger partial charge in [-0.05, 0) is 32.3 Å². The van der Waals surface area contributed by atoms with Crippen LogP contribution in [-0.4, -0.2) is 43.0 Å². The highest BCUT2D eigenvalue weighted by molar-refractivity contribution is 5.99. The second-order valence-corrected chi connectivity index (χ2v) is 5.58. The van der Waals surface area contributed by atoms with E-state index in [0.717, 1.165) is 24.9 Å². The molecule has 0 saturated carbocycles. The molecule has 0 spiro atoms. The van der Waals surface area contributed by atoms with Crippen LogP contribution in [0, 0.1) is 0 Å². The highest BCUT2D eigenvalue weighted by atomic mass is 16.5. The molecule has 0 amide bonds. The van der Waals surface area contributed by atoms with E-state index in [1.54, 1.807) is 7.11 Å². The van der Waals surface area contributed by atoms with Gasteiger partial charge in [-0.2, -0.15) is 0 Å². The molecule has 1 rings (SSSR count). The predicted octanol–water partition coefficient (Wildman–Crippen LogP) is 3.57. The highest BCUT2D eigenvalue weighted by Gasteiger charge is 2.25. The number of ketones is 1. The van der Waals surface area contributed by atoms with Crippen molar-refractivity contribution in [3.8, 4) is 0 Å². The number of Topliss-reactive ketones (excluding diaryl/α,β-unsaturated/α-hetero) is 1. The molecule has 2 atom stereocenters. The Bertz CT molecular complexity index is 427. The number of carbonyl (C=O) groups excluding carboxylic acids is 1. The van der Waals surface area contributed by atoms with Crippen molar-refractivity contribution in [3.63, 3.8) is 0 Å². The first-order valence-corrected chi connectivity index (χ1v) is 7.92. The van der Waals surface area contributed by atoms with Gasteiger partial charge in [0.25, 0.3) is 0 Å². The van der Waals surface area contributed by atoms with Crippen LogP contribution in [0.4, 0.5) is 0 Å². The molecule has 0 aliphatic carbocycles. The van der Waals surface area contributed by atoms with Crippen LogP contribution in [0.3, 0.4) is 0 Å². The van der Waals surface area contributed by atoms with E-state index in [-0.39, 0.29) is 11.8 Å². The molecule has 21 heavy (non-hydrogen) atoms. The average Bonchev–Trinajstić information content (AvgIpc) is 2.53. The first kappa shape index (κ1) is 17.9. The zero-order valence-electron chi connectivity index (χ0n) is 14.1. The van der Waals surface area contributed by atoms with Crippen molar-refractivity contribution >= 4 is 5.78 Å². The van der Waals surface area contributed by atoms with Gasteiger partial charge in [-0.15, -0.1) is 0 Å². The quantitative estimate of drug-likeness (QED) is 0.651. The van der Waals surface area contributed by atoms with Gasteiger partial charge >= 0.3 is 0 Å². The van der Waals surface area contributed by atoms with E-state index in [0.29, 0.717) is 12.6 Å². The highest BCUT2D eigenvalue weighted by Crippen LogP contribution is 2.15. The third-order valence-electron chi connectivity index (χ3n) is 4.23. The lowest BCUT2D eigenvalue weighted by atomic mass is 10.0. The SMILES string of the molecule is CCc1ccc(C(=O)C(C)N(CCOC)C(C)CC)cc1. The lowest BCUT2D eigenvalue weighted by Crippen LogP contribution is -2.46. The standard InChI is InChI=1S/C18H29NO2/c1-6-14(3)19(12-13-21-5)15(4)18(20)17-10-8-16(7-2)9-11-17/h8-11,14-15H,6-7,12-13H2,1-5H3. The number of hydrogen-bond donors (Lipinski definition) is 0. The molecular formula is C18H29NO2. The van der Waals surface area contributed by atoms with Crippen LogP contribution in [0.5, 0.6) is 0 Å². The van der Waals surface area contributed by atoms with E-state index in [9.17, 15) is 4.79 Å². The summed E-state index contributed by atoms with van der Waals surface area (Å²) in [5.41, 5.74) is 2.06. The lowest BCUT2D eigenvalue weighted by molar-refractivity contribution is 0.0668. The molecule has 0 heterocycles. The van der Waals surface area contributed by atoms with Crippen molar-refractivity contribution in [3.05, 3.63) is 35.4 Å². The summed E-state index contributed by atoms with van der Waals surface area (Å²) in [6.45, 7) is 9.87. The summed E-state index contributed by atoms with van der Waals surface area (Å²) >= 11 is 0. The van der Waals surface area contributed by atoms with Gasteiger partial charge in [0.1, 0.15) is 0 Å². The minimum absolute atomic E-state index is 0.123. The second kappa shape index (κ2) is 8.96. The summed E-state index contributed by atoms with van der Waals surface area (Å²) in [7, 11) is 1.70. The normalized spacial score (nSPS) is 14.2.